The van der Waals surface area contributed by atoms with Gasteiger partial charge in [-0.05, 0) is 13.3 Å². The molecular weight excluding hydrogens is 160 g/mol. The van der Waals surface area contributed by atoms with Gasteiger partial charge in [-0.1, -0.05) is 29.8 Å². The molecule has 1 aromatic rings. The third-order valence-electron chi connectivity index (χ3n) is 2.22. The van der Waals surface area contributed by atoms with E-state index in [1.807, 2.05) is 0 Å². The van der Waals surface area contributed by atoms with Gasteiger partial charge in [-0.25, -0.2) is 0 Å². The summed E-state index contributed by atoms with van der Waals surface area (Å²) < 4.78 is 0. The van der Waals surface area contributed by atoms with Crippen LogP contribution in [-0.2, 0) is 0 Å². The van der Waals surface area contributed by atoms with Gasteiger partial charge >= 0.3 is 0 Å². The molecule has 1 heterocycles. The summed E-state index contributed by atoms with van der Waals surface area (Å²) in [7, 11) is 0. The summed E-state index contributed by atoms with van der Waals surface area (Å²) in [6.07, 6.45) is 1.15. The van der Waals surface area contributed by atoms with Crippen LogP contribution in [0.5, 0.6) is 0 Å². The molecule has 1 aromatic carbocycles. The van der Waals surface area contributed by atoms with Crippen molar-refractivity contribution in [1.82, 2.24) is 5.32 Å². The van der Waals surface area contributed by atoms with E-state index in [0.29, 0.717) is 0 Å². The maximum Gasteiger partial charge on any atom is 0.128 e. The SMILES string of the molecule is Cc1ccc(C2=NCCCN2)cc1. The minimum atomic E-state index is 0.955. The first-order chi connectivity index (χ1) is 6.36. The maximum atomic E-state index is 4.43. The molecule has 2 heteroatoms. The number of hydrogen-bond acceptors (Lipinski definition) is 2. The summed E-state index contributed by atoms with van der Waals surface area (Å²) in [5, 5.41) is 3.30. The first kappa shape index (κ1) is 8.30. The molecule has 0 saturated heterocycles. The number of hydrogen-bond donors (Lipinski definition) is 1. The third kappa shape index (κ3) is 1.89. The second kappa shape index (κ2) is 3.60. The Balaban J connectivity index is 2.24. The van der Waals surface area contributed by atoms with Gasteiger partial charge in [-0.2, -0.15) is 0 Å². The van der Waals surface area contributed by atoms with Gasteiger partial charge in [0.05, 0.1) is 0 Å². The number of aryl methyl sites for hydroxylation is 1. The van der Waals surface area contributed by atoms with Crippen molar-refractivity contribution in [3.63, 3.8) is 0 Å². The van der Waals surface area contributed by atoms with Crippen LogP contribution in [0.25, 0.3) is 0 Å². The van der Waals surface area contributed by atoms with E-state index in [-0.39, 0.29) is 0 Å². The van der Waals surface area contributed by atoms with Crippen LogP contribution >= 0.6 is 0 Å². The van der Waals surface area contributed by atoms with Crippen LogP contribution in [0.15, 0.2) is 29.3 Å². The molecule has 0 atom stereocenters. The Kier molecular flexibility index (Phi) is 2.30. The van der Waals surface area contributed by atoms with E-state index in [4.69, 9.17) is 0 Å². The number of benzene rings is 1. The lowest BCUT2D eigenvalue weighted by molar-refractivity contribution is 0.742. The number of nitrogens with zero attached hydrogens (tertiary/aromatic N) is 1. The van der Waals surface area contributed by atoms with Crippen molar-refractivity contribution in [3.8, 4) is 0 Å². The van der Waals surface area contributed by atoms with Crippen LogP contribution in [-0.4, -0.2) is 18.9 Å². The summed E-state index contributed by atoms with van der Waals surface area (Å²) >= 11 is 0. The van der Waals surface area contributed by atoms with Crippen LogP contribution in [0.4, 0.5) is 0 Å². The Hall–Kier alpha value is -1.31. The summed E-state index contributed by atoms with van der Waals surface area (Å²) in [5.41, 5.74) is 2.49. The molecule has 0 unspecified atom stereocenters. The van der Waals surface area contributed by atoms with Crippen molar-refractivity contribution < 1.29 is 0 Å². The first-order valence-corrected chi connectivity index (χ1v) is 4.71. The number of aliphatic imine (C=N–C) groups is 1. The van der Waals surface area contributed by atoms with Crippen molar-refractivity contribution in [2.45, 2.75) is 13.3 Å². The van der Waals surface area contributed by atoms with Crippen LogP contribution in [0.3, 0.4) is 0 Å². The van der Waals surface area contributed by atoms with Gasteiger partial charge in [0.15, 0.2) is 0 Å². The lowest BCUT2D eigenvalue weighted by atomic mass is 10.1. The predicted molar refractivity (Wildman–Crippen MR) is 55.2 cm³/mol. The third-order valence-corrected chi connectivity index (χ3v) is 2.22. The lowest BCUT2D eigenvalue weighted by Crippen LogP contribution is -2.30. The van der Waals surface area contributed by atoms with Gasteiger partial charge in [-0.15, -0.1) is 0 Å². The molecular formula is C11H14N2. The molecule has 1 aliphatic rings. The van der Waals surface area contributed by atoms with Crippen LogP contribution in [0.2, 0.25) is 0 Å². The quantitative estimate of drug-likeness (QED) is 0.689. The highest BCUT2D eigenvalue weighted by molar-refractivity contribution is 5.99. The van der Waals surface area contributed by atoms with Crippen LogP contribution in [0, 0.1) is 6.92 Å². The molecule has 0 spiro atoms. The average molecular weight is 174 g/mol. The van der Waals surface area contributed by atoms with Gasteiger partial charge in [0.2, 0.25) is 0 Å². The van der Waals surface area contributed by atoms with Crippen molar-refractivity contribution in [2.75, 3.05) is 13.1 Å². The van der Waals surface area contributed by atoms with Gasteiger partial charge < -0.3 is 5.32 Å². The van der Waals surface area contributed by atoms with Crippen molar-refractivity contribution in [2.24, 2.45) is 4.99 Å². The van der Waals surface area contributed by atoms with E-state index in [1.165, 1.54) is 11.1 Å². The Morgan fingerprint density at radius 3 is 2.62 bits per heavy atom. The zero-order valence-electron chi connectivity index (χ0n) is 7.88. The summed E-state index contributed by atoms with van der Waals surface area (Å²) in [6.45, 7) is 4.10. The normalized spacial score (nSPS) is 16.2. The van der Waals surface area contributed by atoms with Crippen LogP contribution in [0.1, 0.15) is 17.5 Å². The molecule has 0 saturated carbocycles. The average Bonchev–Trinajstić information content (AvgIpc) is 2.20. The molecule has 0 aromatic heterocycles. The Labute approximate surface area is 78.7 Å². The van der Waals surface area contributed by atoms with Crippen molar-refractivity contribution in [1.29, 1.82) is 0 Å². The standard InChI is InChI=1S/C11H14N2/c1-9-3-5-10(6-4-9)11-12-7-2-8-13-11/h3-6H,2,7-8H2,1H3,(H,12,13). The highest BCUT2D eigenvalue weighted by atomic mass is 15.0. The molecule has 13 heavy (non-hydrogen) atoms. The van der Waals surface area contributed by atoms with E-state index >= 15 is 0 Å². The largest absolute Gasteiger partial charge is 0.370 e. The molecule has 2 nitrogen and oxygen atoms in total. The molecule has 1 N–H and O–H groups in total. The highest BCUT2D eigenvalue weighted by Crippen LogP contribution is 2.05. The Morgan fingerprint density at radius 2 is 2.00 bits per heavy atom. The summed E-state index contributed by atoms with van der Waals surface area (Å²) in [5.74, 6) is 1.05. The highest BCUT2D eigenvalue weighted by Gasteiger charge is 2.05. The number of rotatable bonds is 1. The van der Waals surface area contributed by atoms with Gasteiger partial charge in [0, 0.05) is 18.7 Å². The van der Waals surface area contributed by atoms with E-state index in [0.717, 1.165) is 25.3 Å². The van der Waals surface area contributed by atoms with Gasteiger partial charge in [0.1, 0.15) is 5.84 Å². The van der Waals surface area contributed by atoms with Gasteiger partial charge in [0.25, 0.3) is 0 Å². The minimum absolute atomic E-state index is 0.955. The first-order valence-electron chi connectivity index (χ1n) is 4.71. The molecule has 0 radical (unpaired) electrons. The molecule has 0 aliphatic carbocycles. The smallest absolute Gasteiger partial charge is 0.128 e. The summed E-state index contributed by atoms with van der Waals surface area (Å²) in [6, 6.07) is 8.47. The monoisotopic (exact) mass is 174 g/mol. The molecule has 2 rings (SSSR count). The Morgan fingerprint density at radius 1 is 1.23 bits per heavy atom. The number of nitrogens with one attached hydrogen (secondary N) is 1. The zero-order valence-corrected chi connectivity index (χ0v) is 7.88. The summed E-state index contributed by atoms with van der Waals surface area (Å²) in [4.78, 5) is 4.43. The number of amidine groups is 1. The molecule has 1 aliphatic heterocycles. The zero-order chi connectivity index (χ0) is 9.10. The predicted octanol–water partition coefficient (Wildman–Crippen LogP) is 1.73. The fourth-order valence-electron chi connectivity index (χ4n) is 1.44. The molecule has 0 bridgehead atoms. The van der Waals surface area contributed by atoms with E-state index < -0.39 is 0 Å². The molecule has 68 valence electrons. The second-order valence-electron chi connectivity index (χ2n) is 3.38. The van der Waals surface area contributed by atoms with E-state index in [1.54, 1.807) is 0 Å². The fraction of sp³-hybridized carbons (Fsp3) is 0.364. The molecule has 0 amide bonds. The van der Waals surface area contributed by atoms with Crippen molar-refractivity contribution in [3.05, 3.63) is 35.4 Å². The maximum absolute atomic E-state index is 4.43. The van der Waals surface area contributed by atoms with E-state index in [9.17, 15) is 0 Å². The molecule has 0 fully saturated rings. The van der Waals surface area contributed by atoms with Crippen LogP contribution < -0.4 is 5.32 Å². The second-order valence-corrected chi connectivity index (χ2v) is 3.38. The topological polar surface area (TPSA) is 24.4 Å². The Bertz CT molecular complexity index is 311. The van der Waals surface area contributed by atoms with E-state index in [2.05, 4.69) is 41.5 Å². The van der Waals surface area contributed by atoms with Crippen molar-refractivity contribution >= 4 is 5.84 Å². The fourth-order valence-corrected chi connectivity index (χ4v) is 1.44. The van der Waals surface area contributed by atoms with Gasteiger partial charge in [-0.3, -0.25) is 4.99 Å². The minimum Gasteiger partial charge on any atom is -0.370 e. The lowest BCUT2D eigenvalue weighted by Gasteiger charge is -2.14.